The smallest absolute Gasteiger partial charge is 0.255 e. The Kier molecular flexibility index (Phi) is 10.0. The SMILES string of the molecule is CCCCCCCOc1ccc(C(=O)Nc2ccc(S(=O)(=O)NC(C)CC)cc2)cc1. The summed E-state index contributed by atoms with van der Waals surface area (Å²) in [5.74, 6) is 0.481. The van der Waals surface area contributed by atoms with Gasteiger partial charge in [0.2, 0.25) is 10.0 Å². The largest absolute Gasteiger partial charge is 0.494 e. The minimum Gasteiger partial charge on any atom is -0.494 e. The first-order valence-electron chi connectivity index (χ1n) is 11.0. The van der Waals surface area contributed by atoms with Gasteiger partial charge in [0.25, 0.3) is 5.91 Å². The number of sulfonamides is 1. The molecule has 0 radical (unpaired) electrons. The van der Waals surface area contributed by atoms with Gasteiger partial charge in [-0.25, -0.2) is 13.1 Å². The Labute approximate surface area is 186 Å². The summed E-state index contributed by atoms with van der Waals surface area (Å²) < 4.78 is 33.0. The van der Waals surface area contributed by atoms with Crippen molar-refractivity contribution in [3.05, 3.63) is 54.1 Å². The number of carbonyl (C=O) groups excluding carboxylic acids is 1. The van der Waals surface area contributed by atoms with E-state index >= 15 is 0 Å². The van der Waals surface area contributed by atoms with Crippen LogP contribution in [0, 0.1) is 0 Å². The Balaban J connectivity index is 1.87. The molecule has 0 spiro atoms. The summed E-state index contributed by atoms with van der Waals surface area (Å²) in [4.78, 5) is 12.6. The molecule has 1 amide bonds. The minimum atomic E-state index is -3.57. The highest BCUT2D eigenvalue weighted by atomic mass is 32.2. The molecule has 0 aromatic heterocycles. The molecule has 0 bridgehead atoms. The number of unbranched alkanes of at least 4 members (excludes halogenated alkanes) is 4. The molecule has 1 unspecified atom stereocenters. The lowest BCUT2D eigenvalue weighted by molar-refractivity contribution is 0.102. The first-order valence-corrected chi connectivity index (χ1v) is 12.5. The van der Waals surface area contributed by atoms with Gasteiger partial charge in [0, 0.05) is 17.3 Å². The summed E-state index contributed by atoms with van der Waals surface area (Å²) in [7, 11) is -3.57. The number of hydrogen-bond donors (Lipinski definition) is 2. The van der Waals surface area contributed by atoms with Gasteiger partial charge in [0.1, 0.15) is 5.75 Å². The zero-order chi connectivity index (χ0) is 22.7. The number of ether oxygens (including phenoxy) is 1. The van der Waals surface area contributed by atoms with Crippen molar-refractivity contribution in [2.24, 2.45) is 0 Å². The van der Waals surface area contributed by atoms with Gasteiger partial charge in [-0.2, -0.15) is 0 Å². The monoisotopic (exact) mass is 446 g/mol. The number of benzene rings is 2. The molecule has 0 heterocycles. The van der Waals surface area contributed by atoms with Crippen LogP contribution < -0.4 is 14.8 Å². The predicted octanol–water partition coefficient (Wildman–Crippen LogP) is 5.36. The number of hydrogen-bond acceptors (Lipinski definition) is 4. The molecule has 6 nitrogen and oxygen atoms in total. The molecular formula is C24H34N2O4S. The number of anilines is 1. The Hall–Kier alpha value is -2.38. The van der Waals surface area contributed by atoms with Gasteiger partial charge in [-0.1, -0.05) is 39.5 Å². The fourth-order valence-corrected chi connectivity index (χ4v) is 4.26. The molecule has 1 atom stereocenters. The van der Waals surface area contributed by atoms with Crippen molar-refractivity contribution in [2.75, 3.05) is 11.9 Å². The van der Waals surface area contributed by atoms with E-state index in [-0.39, 0.29) is 16.8 Å². The minimum absolute atomic E-state index is 0.141. The van der Waals surface area contributed by atoms with E-state index in [1.165, 1.54) is 37.8 Å². The van der Waals surface area contributed by atoms with E-state index in [9.17, 15) is 13.2 Å². The average molecular weight is 447 g/mol. The first kappa shape index (κ1) is 24.9. The Bertz CT molecular complexity index is 910. The van der Waals surface area contributed by atoms with Gasteiger partial charge < -0.3 is 10.1 Å². The van der Waals surface area contributed by atoms with E-state index < -0.39 is 10.0 Å². The maximum Gasteiger partial charge on any atom is 0.255 e. The number of carbonyl (C=O) groups is 1. The Morgan fingerprint density at radius 1 is 0.935 bits per heavy atom. The maximum absolute atomic E-state index is 12.5. The molecule has 2 N–H and O–H groups in total. The summed E-state index contributed by atoms with van der Waals surface area (Å²) in [6.07, 6.45) is 6.62. The van der Waals surface area contributed by atoms with Crippen molar-refractivity contribution < 1.29 is 17.9 Å². The third-order valence-electron chi connectivity index (χ3n) is 5.02. The Morgan fingerprint density at radius 3 is 2.19 bits per heavy atom. The summed E-state index contributed by atoms with van der Waals surface area (Å²) in [5.41, 5.74) is 1.03. The second kappa shape index (κ2) is 12.5. The van der Waals surface area contributed by atoms with Crippen LogP contribution in [0.1, 0.15) is 69.7 Å². The molecule has 0 aliphatic heterocycles. The van der Waals surface area contributed by atoms with E-state index in [0.717, 1.165) is 12.2 Å². The normalized spacial score (nSPS) is 12.4. The second-order valence-corrected chi connectivity index (χ2v) is 9.41. The van der Waals surface area contributed by atoms with Crippen LogP contribution in [0.5, 0.6) is 5.75 Å². The van der Waals surface area contributed by atoms with Crippen LogP contribution in [-0.2, 0) is 10.0 Å². The van der Waals surface area contributed by atoms with Crippen molar-refractivity contribution in [1.82, 2.24) is 4.72 Å². The van der Waals surface area contributed by atoms with Crippen LogP contribution in [0.4, 0.5) is 5.69 Å². The lowest BCUT2D eigenvalue weighted by Crippen LogP contribution is -2.31. The van der Waals surface area contributed by atoms with E-state index in [4.69, 9.17) is 4.74 Å². The van der Waals surface area contributed by atoms with E-state index in [2.05, 4.69) is 17.0 Å². The van der Waals surface area contributed by atoms with E-state index in [1.807, 2.05) is 13.8 Å². The van der Waals surface area contributed by atoms with Gasteiger partial charge in [0.15, 0.2) is 0 Å². The summed E-state index contributed by atoms with van der Waals surface area (Å²) >= 11 is 0. The highest BCUT2D eigenvalue weighted by Crippen LogP contribution is 2.17. The van der Waals surface area contributed by atoms with Crippen LogP contribution in [0.15, 0.2) is 53.4 Å². The van der Waals surface area contributed by atoms with Gasteiger partial charge >= 0.3 is 0 Å². The molecule has 2 aromatic rings. The van der Waals surface area contributed by atoms with Crippen molar-refractivity contribution in [2.45, 2.75) is 70.2 Å². The van der Waals surface area contributed by atoms with Gasteiger partial charge in [-0.05, 0) is 68.3 Å². The molecule has 2 rings (SSSR count). The molecule has 0 saturated heterocycles. The Morgan fingerprint density at radius 2 is 1.58 bits per heavy atom. The average Bonchev–Trinajstić information content (AvgIpc) is 2.76. The van der Waals surface area contributed by atoms with Crippen molar-refractivity contribution in [1.29, 1.82) is 0 Å². The van der Waals surface area contributed by atoms with E-state index in [1.54, 1.807) is 36.4 Å². The second-order valence-electron chi connectivity index (χ2n) is 7.70. The molecule has 0 aliphatic rings. The summed E-state index contributed by atoms with van der Waals surface area (Å²) in [5, 5.41) is 2.79. The van der Waals surface area contributed by atoms with Crippen molar-refractivity contribution in [3.8, 4) is 5.75 Å². The van der Waals surface area contributed by atoms with Gasteiger partial charge in [-0.15, -0.1) is 0 Å². The highest BCUT2D eigenvalue weighted by molar-refractivity contribution is 7.89. The topological polar surface area (TPSA) is 84.5 Å². The lowest BCUT2D eigenvalue weighted by atomic mass is 10.1. The number of amides is 1. The number of rotatable bonds is 13. The first-order chi connectivity index (χ1) is 14.9. The van der Waals surface area contributed by atoms with Crippen LogP contribution in [-0.4, -0.2) is 27.0 Å². The van der Waals surface area contributed by atoms with Crippen LogP contribution in [0.25, 0.3) is 0 Å². The third-order valence-corrected chi connectivity index (χ3v) is 6.63. The zero-order valence-electron chi connectivity index (χ0n) is 18.7. The molecule has 2 aromatic carbocycles. The fraction of sp³-hybridized carbons (Fsp3) is 0.458. The molecule has 0 saturated carbocycles. The van der Waals surface area contributed by atoms with Crippen molar-refractivity contribution in [3.63, 3.8) is 0 Å². The van der Waals surface area contributed by atoms with E-state index in [0.29, 0.717) is 24.3 Å². The molecule has 0 fully saturated rings. The number of nitrogens with one attached hydrogen (secondary N) is 2. The predicted molar refractivity (Wildman–Crippen MR) is 125 cm³/mol. The van der Waals surface area contributed by atoms with Gasteiger partial charge in [0.05, 0.1) is 11.5 Å². The lowest BCUT2D eigenvalue weighted by Gasteiger charge is -2.12. The summed E-state index contributed by atoms with van der Waals surface area (Å²) in [6.45, 7) is 6.60. The van der Waals surface area contributed by atoms with Crippen molar-refractivity contribution >= 4 is 21.6 Å². The summed E-state index contributed by atoms with van der Waals surface area (Å²) in [6, 6.07) is 13.0. The molecule has 0 aliphatic carbocycles. The fourth-order valence-electron chi connectivity index (χ4n) is 2.94. The maximum atomic E-state index is 12.5. The van der Waals surface area contributed by atoms with Crippen LogP contribution in [0.3, 0.4) is 0 Å². The zero-order valence-corrected chi connectivity index (χ0v) is 19.5. The highest BCUT2D eigenvalue weighted by Gasteiger charge is 2.16. The standard InChI is InChI=1S/C24H34N2O4S/c1-4-6-7-8-9-18-30-22-14-10-20(11-15-22)24(27)25-21-12-16-23(17-13-21)31(28,29)26-19(3)5-2/h10-17,19,26H,4-9,18H2,1-3H3,(H,25,27). The van der Waals surface area contributed by atoms with Gasteiger partial charge in [-0.3, -0.25) is 4.79 Å². The molecule has 31 heavy (non-hydrogen) atoms. The van der Waals surface area contributed by atoms with Crippen LogP contribution >= 0.6 is 0 Å². The molecule has 170 valence electrons. The third kappa shape index (κ3) is 8.34. The molecular weight excluding hydrogens is 412 g/mol. The van der Waals surface area contributed by atoms with Crippen LogP contribution in [0.2, 0.25) is 0 Å². The quantitative estimate of drug-likeness (QED) is 0.405. The molecule has 7 heteroatoms.